The lowest BCUT2D eigenvalue weighted by Crippen LogP contribution is -2.59. The molecule has 3 aromatic rings. The van der Waals surface area contributed by atoms with Crippen LogP contribution in [0.25, 0.3) is 0 Å². The number of hydrogen-bond acceptors (Lipinski definition) is 9. The van der Waals surface area contributed by atoms with Crippen molar-refractivity contribution in [1.82, 2.24) is 29.4 Å². The number of hydrogen-bond donors (Lipinski definition) is 2. The fraction of sp³-hybridized carbons (Fsp3) is 0.423. The molecule has 3 N–H and O–H groups in total. The monoisotopic (exact) mass is 663 g/mol. The molecule has 0 saturated carbocycles. The molecule has 19 heteroatoms. The van der Waals surface area contributed by atoms with Gasteiger partial charge >= 0.3 is 12.3 Å². The number of rotatable bonds is 9. The predicted octanol–water partition coefficient (Wildman–Crippen LogP) is 2.51. The van der Waals surface area contributed by atoms with Gasteiger partial charge < -0.3 is 20.5 Å². The second-order valence-electron chi connectivity index (χ2n) is 9.65. The normalized spacial score (nSPS) is 16.1. The molecular weight excluding hydrogens is 633 g/mol. The number of carbonyl (C=O) groups is 2. The number of carboxylic acids is 1. The van der Waals surface area contributed by atoms with Crippen LogP contribution in [0.2, 0.25) is 0 Å². The first-order valence-corrected chi connectivity index (χ1v) is 14.7. The molecule has 0 radical (unpaired) electrons. The van der Waals surface area contributed by atoms with Gasteiger partial charge in [0.05, 0.1) is 4.90 Å². The number of benzene rings is 2. The predicted molar refractivity (Wildman–Crippen MR) is 146 cm³/mol. The minimum atomic E-state index is -4.95. The van der Waals surface area contributed by atoms with Crippen molar-refractivity contribution in [3.8, 4) is 5.75 Å². The summed E-state index contributed by atoms with van der Waals surface area (Å²) in [5, 5.41) is 20.7. The van der Waals surface area contributed by atoms with Gasteiger partial charge in [0, 0.05) is 38.2 Å². The maximum atomic E-state index is 13.1. The van der Waals surface area contributed by atoms with Crippen molar-refractivity contribution in [3.63, 3.8) is 0 Å². The van der Waals surface area contributed by atoms with Crippen LogP contribution in [-0.4, -0.2) is 86.9 Å². The zero-order chi connectivity index (χ0) is 33.6. The van der Waals surface area contributed by atoms with Crippen molar-refractivity contribution in [3.05, 3.63) is 65.5 Å². The average molecular weight is 664 g/mol. The van der Waals surface area contributed by atoms with Crippen LogP contribution in [0.5, 0.6) is 5.75 Å². The largest absolute Gasteiger partial charge is 0.573 e. The molecular formula is C26H30F5N7O6S. The number of alkyl halides is 5. The third kappa shape index (κ3) is 9.38. The van der Waals surface area contributed by atoms with Crippen LogP contribution in [-0.2, 0) is 38.6 Å². The number of piperazine rings is 1. The van der Waals surface area contributed by atoms with Gasteiger partial charge in [-0.2, -0.15) is 9.10 Å². The van der Waals surface area contributed by atoms with Gasteiger partial charge in [-0.15, -0.1) is 23.4 Å². The molecule has 1 aromatic heterocycles. The maximum Gasteiger partial charge on any atom is 0.573 e. The molecule has 1 aliphatic heterocycles. The maximum absolute atomic E-state index is 13.1. The number of aromatic nitrogens is 4. The molecule has 246 valence electrons. The number of nitrogens with zero attached hydrogens (tertiary/aromatic N) is 6. The second-order valence-corrected chi connectivity index (χ2v) is 11.5. The quantitative estimate of drug-likeness (QED) is 0.324. The molecule has 1 fully saturated rings. The first kappa shape index (κ1) is 35.3. The zero-order valence-electron chi connectivity index (χ0n) is 24.0. The topological polar surface area (TPSA) is 174 Å². The zero-order valence-corrected chi connectivity index (χ0v) is 24.8. The molecule has 0 aliphatic carbocycles. The van der Waals surface area contributed by atoms with Gasteiger partial charge in [-0.1, -0.05) is 31.2 Å². The van der Waals surface area contributed by atoms with Crippen LogP contribution >= 0.6 is 0 Å². The van der Waals surface area contributed by atoms with E-state index in [0.29, 0.717) is 16.7 Å². The molecule has 2 aromatic carbocycles. The Morgan fingerprint density at radius 2 is 1.67 bits per heavy atom. The van der Waals surface area contributed by atoms with E-state index in [4.69, 9.17) is 5.73 Å². The first-order chi connectivity index (χ1) is 21.0. The van der Waals surface area contributed by atoms with Crippen molar-refractivity contribution < 1.29 is 49.8 Å². The highest BCUT2D eigenvalue weighted by atomic mass is 32.2. The number of sulfonamides is 1. The molecule has 45 heavy (non-hydrogen) atoms. The highest BCUT2D eigenvalue weighted by Gasteiger charge is 2.41. The highest BCUT2D eigenvalue weighted by molar-refractivity contribution is 7.89. The lowest BCUT2D eigenvalue weighted by molar-refractivity contribution is -0.274. The Hall–Kier alpha value is -4.23. The summed E-state index contributed by atoms with van der Waals surface area (Å²) in [6, 6.07) is 7.92. The number of aryl methyl sites for hydroxylation is 1. The average Bonchev–Trinajstić information content (AvgIpc) is 3.40. The molecule has 1 atom stereocenters. The first-order valence-electron chi connectivity index (χ1n) is 13.3. The lowest BCUT2D eigenvalue weighted by Gasteiger charge is -2.38. The summed E-state index contributed by atoms with van der Waals surface area (Å²) in [7, 11) is -4.38. The van der Waals surface area contributed by atoms with E-state index in [1.165, 1.54) is 24.0 Å². The summed E-state index contributed by atoms with van der Waals surface area (Å²) in [5.41, 5.74) is 6.29. The van der Waals surface area contributed by atoms with Crippen molar-refractivity contribution >= 4 is 21.9 Å². The summed E-state index contributed by atoms with van der Waals surface area (Å²) in [6.45, 7) is 2.24. The van der Waals surface area contributed by atoms with E-state index in [1.807, 2.05) is 0 Å². The Kier molecular flexibility index (Phi) is 11.2. The third-order valence-electron chi connectivity index (χ3n) is 6.52. The van der Waals surface area contributed by atoms with Crippen LogP contribution in [0.15, 0.2) is 53.4 Å². The number of nitrogens with two attached hydrogens (primary N) is 1. The summed E-state index contributed by atoms with van der Waals surface area (Å²) in [6.07, 6.45) is -5.12. The molecule has 1 aliphatic rings. The Balaban J connectivity index is 0.000000355. The SMILES string of the molecule is CCC(F)(F)c1ccc(CN)cc1.Cc1nnn(CC(=O)N2CCN(S(=O)(=O)c3ccc(OC(F)(F)F)cc3)[C@@H](C(=O)O)C2)n1. The standard InChI is InChI=1S/C16H17F3N6O6S.C10H13F2N/c1-10-20-22-25(21-10)9-14(26)23-6-7-24(13(8-23)15(27)28)32(29,30)12-4-2-11(3-5-12)31-16(17,18)19;1-2-10(11,12)9-5-3-8(7-13)4-6-9/h2-5,13H,6-9H2,1H3,(H,27,28);3-6H,2,7,13H2,1H3/t13-;/m1./s1. The van der Waals surface area contributed by atoms with Crippen molar-refractivity contribution in [1.29, 1.82) is 0 Å². The summed E-state index contributed by atoms with van der Waals surface area (Å²) in [5.74, 6) is -5.02. The molecule has 0 spiro atoms. The Bertz CT molecular complexity index is 1570. The minimum Gasteiger partial charge on any atom is -0.480 e. The third-order valence-corrected chi connectivity index (χ3v) is 8.44. The van der Waals surface area contributed by atoms with Gasteiger partial charge in [0.15, 0.2) is 5.82 Å². The molecule has 1 saturated heterocycles. The number of halogens is 5. The van der Waals surface area contributed by atoms with Crippen LogP contribution in [0, 0.1) is 6.92 Å². The van der Waals surface area contributed by atoms with E-state index in [2.05, 4.69) is 20.1 Å². The van der Waals surface area contributed by atoms with E-state index in [1.54, 1.807) is 19.1 Å². The van der Waals surface area contributed by atoms with E-state index < -0.39 is 57.4 Å². The Morgan fingerprint density at radius 3 is 2.16 bits per heavy atom. The van der Waals surface area contributed by atoms with Gasteiger partial charge in [0.25, 0.3) is 5.92 Å². The van der Waals surface area contributed by atoms with Gasteiger partial charge in [-0.25, -0.2) is 17.2 Å². The minimum absolute atomic E-state index is 0.0622. The van der Waals surface area contributed by atoms with E-state index in [0.717, 1.165) is 34.6 Å². The fourth-order valence-electron chi connectivity index (χ4n) is 4.13. The Labute approximate surface area is 254 Å². The molecule has 4 rings (SSSR count). The summed E-state index contributed by atoms with van der Waals surface area (Å²) >= 11 is 0. The smallest absolute Gasteiger partial charge is 0.480 e. The number of amides is 1. The number of aliphatic carboxylic acids is 1. The van der Waals surface area contributed by atoms with Crippen LogP contribution in [0.3, 0.4) is 0 Å². The molecule has 0 bridgehead atoms. The number of tetrazole rings is 1. The highest BCUT2D eigenvalue weighted by Crippen LogP contribution is 2.31. The van der Waals surface area contributed by atoms with Crippen LogP contribution in [0.1, 0.15) is 30.3 Å². The van der Waals surface area contributed by atoms with Gasteiger partial charge in [0.1, 0.15) is 18.3 Å². The summed E-state index contributed by atoms with van der Waals surface area (Å²) in [4.78, 5) is 26.0. The van der Waals surface area contributed by atoms with Crippen LogP contribution in [0.4, 0.5) is 22.0 Å². The second kappa shape index (κ2) is 14.2. The molecule has 1 amide bonds. The van der Waals surface area contributed by atoms with Crippen molar-refractivity contribution in [2.24, 2.45) is 5.73 Å². The van der Waals surface area contributed by atoms with Gasteiger partial charge in [0.2, 0.25) is 15.9 Å². The van der Waals surface area contributed by atoms with E-state index in [9.17, 15) is 45.1 Å². The molecule has 0 unspecified atom stereocenters. The summed E-state index contributed by atoms with van der Waals surface area (Å²) < 4.78 is 93.3. The van der Waals surface area contributed by atoms with Gasteiger partial charge in [-0.05, 0) is 42.0 Å². The van der Waals surface area contributed by atoms with Crippen LogP contribution < -0.4 is 10.5 Å². The number of ether oxygens (including phenoxy) is 1. The van der Waals surface area contributed by atoms with Gasteiger partial charge in [-0.3, -0.25) is 9.59 Å². The van der Waals surface area contributed by atoms with E-state index >= 15 is 0 Å². The number of carboxylic acid groups (broad SMARTS) is 1. The van der Waals surface area contributed by atoms with Crippen molar-refractivity contribution in [2.45, 2.75) is 56.6 Å². The fourth-order valence-corrected chi connectivity index (χ4v) is 5.70. The number of carbonyl (C=O) groups excluding carboxylic acids is 1. The lowest BCUT2D eigenvalue weighted by atomic mass is 10.0. The van der Waals surface area contributed by atoms with Crippen molar-refractivity contribution in [2.75, 3.05) is 19.6 Å². The molecule has 13 nitrogen and oxygen atoms in total. The Morgan fingerprint density at radius 1 is 1.04 bits per heavy atom. The molecule has 2 heterocycles. The van der Waals surface area contributed by atoms with E-state index in [-0.39, 0.29) is 31.6 Å².